The average molecular weight is 230 g/mol. The van der Waals surface area contributed by atoms with E-state index in [0.29, 0.717) is 6.61 Å². The Morgan fingerprint density at radius 1 is 1.25 bits per heavy atom. The molecule has 0 aliphatic rings. The standard InChI is InChI=1S/C12H26N2O2/c1-5-8-14(9-6-2)10-11(13-4)12(15)16-7-3/h11,13H,5-10H2,1-4H3. The van der Waals surface area contributed by atoms with Gasteiger partial charge in [0.2, 0.25) is 0 Å². The van der Waals surface area contributed by atoms with Crippen LogP contribution in [0.5, 0.6) is 0 Å². The lowest BCUT2D eigenvalue weighted by molar-refractivity contribution is -0.146. The third-order valence-corrected chi connectivity index (χ3v) is 2.44. The Labute approximate surface area is 99.3 Å². The summed E-state index contributed by atoms with van der Waals surface area (Å²) in [5.41, 5.74) is 0. The monoisotopic (exact) mass is 230 g/mol. The molecule has 0 rings (SSSR count). The molecule has 0 heterocycles. The number of hydrogen-bond acceptors (Lipinski definition) is 4. The van der Waals surface area contributed by atoms with E-state index in [1.165, 1.54) is 0 Å². The van der Waals surface area contributed by atoms with E-state index in [4.69, 9.17) is 4.74 Å². The second-order valence-electron chi connectivity index (χ2n) is 3.89. The van der Waals surface area contributed by atoms with Gasteiger partial charge in [0.1, 0.15) is 6.04 Å². The predicted molar refractivity (Wildman–Crippen MR) is 66.5 cm³/mol. The van der Waals surface area contributed by atoms with Crippen LogP contribution in [-0.4, -0.2) is 50.2 Å². The number of carbonyl (C=O) groups is 1. The molecule has 1 N–H and O–H groups in total. The first-order chi connectivity index (χ1) is 7.69. The molecule has 0 spiro atoms. The highest BCUT2D eigenvalue weighted by Gasteiger charge is 2.20. The van der Waals surface area contributed by atoms with Gasteiger partial charge < -0.3 is 15.0 Å². The fourth-order valence-corrected chi connectivity index (χ4v) is 1.71. The molecule has 0 saturated heterocycles. The maximum Gasteiger partial charge on any atom is 0.324 e. The van der Waals surface area contributed by atoms with Crippen molar-refractivity contribution in [3.8, 4) is 0 Å². The van der Waals surface area contributed by atoms with Crippen molar-refractivity contribution in [2.24, 2.45) is 0 Å². The van der Waals surface area contributed by atoms with Gasteiger partial charge in [-0.2, -0.15) is 0 Å². The Morgan fingerprint density at radius 3 is 2.19 bits per heavy atom. The molecule has 0 bridgehead atoms. The van der Waals surface area contributed by atoms with Crippen molar-refractivity contribution < 1.29 is 9.53 Å². The van der Waals surface area contributed by atoms with Crippen LogP contribution in [0.2, 0.25) is 0 Å². The lowest BCUT2D eigenvalue weighted by Gasteiger charge is -2.25. The molecule has 0 aromatic rings. The third-order valence-electron chi connectivity index (χ3n) is 2.44. The molecule has 0 amide bonds. The van der Waals surface area contributed by atoms with E-state index in [-0.39, 0.29) is 12.0 Å². The zero-order valence-electron chi connectivity index (χ0n) is 11.1. The second kappa shape index (κ2) is 9.60. The first kappa shape index (κ1) is 15.4. The summed E-state index contributed by atoms with van der Waals surface area (Å²) in [4.78, 5) is 13.9. The van der Waals surface area contributed by atoms with E-state index in [9.17, 15) is 4.79 Å². The molecule has 4 nitrogen and oxygen atoms in total. The van der Waals surface area contributed by atoms with Crippen molar-refractivity contribution in [1.82, 2.24) is 10.2 Å². The van der Waals surface area contributed by atoms with Crippen LogP contribution < -0.4 is 5.32 Å². The zero-order valence-corrected chi connectivity index (χ0v) is 11.1. The summed E-state index contributed by atoms with van der Waals surface area (Å²) in [6.45, 7) is 9.38. The van der Waals surface area contributed by atoms with Crippen LogP contribution in [0.1, 0.15) is 33.6 Å². The number of ether oxygens (including phenoxy) is 1. The van der Waals surface area contributed by atoms with Crippen LogP contribution in [0.4, 0.5) is 0 Å². The minimum atomic E-state index is -0.210. The summed E-state index contributed by atoms with van der Waals surface area (Å²) in [6.07, 6.45) is 2.22. The normalized spacial score (nSPS) is 12.8. The van der Waals surface area contributed by atoms with Gasteiger partial charge >= 0.3 is 5.97 Å². The summed E-state index contributed by atoms with van der Waals surface area (Å²) >= 11 is 0. The summed E-state index contributed by atoms with van der Waals surface area (Å²) in [7, 11) is 1.80. The molecule has 16 heavy (non-hydrogen) atoms. The van der Waals surface area contributed by atoms with Gasteiger partial charge in [0.05, 0.1) is 6.61 Å². The fraction of sp³-hybridized carbons (Fsp3) is 0.917. The molecule has 0 aromatic carbocycles. The molecular weight excluding hydrogens is 204 g/mol. The van der Waals surface area contributed by atoms with E-state index in [2.05, 4.69) is 24.1 Å². The van der Waals surface area contributed by atoms with E-state index in [1.807, 2.05) is 6.92 Å². The number of nitrogens with one attached hydrogen (secondary N) is 1. The number of likely N-dealkylation sites (N-methyl/N-ethyl adjacent to an activating group) is 1. The first-order valence-electron chi connectivity index (χ1n) is 6.25. The Bertz CT molecular complexity index is 180. The maximum atomic E-state index is 11.6. The Hall–Kier alpha value is -0.610. The lowest BCUT2D eigenvalue weighted by Crippen LogP contribution is -2.46. The van der Waals surface area contributed by atoms with E-state index in [1.54, 1.807) is 7.05 Å². The van der Waals surface area contributed by atoms with Gasteiger partial charge in [0.25, 0.3) is 0 Å². The molecular formula is C12H26N2O2. The van der Waals surface area contributed by atoms with Crippen LogP contribution >= 0.6 is 0 Å². The topological polar surface area (TPSA) is 41.6 Å². The highest BCUT2D eigenvalue weighted by atomic mass is 16.5. The molecule has 96 valence electrons. The molecule has 1 unspecified atom stereocenters. The van der Waals surface area contributed by atoms with E-state index >= 15 is 0 Å². The minimum Gasteiger partial charge on any atom is -0.465 e. The number of carbonyl (C=O) groups excluding carboxylic acids is 1. The second-order valence-corrected chi connectivity index (χ2v) is 3.89. The Balaban J connectivity index is 4.18. The summed E-state index contributed by atoms with van der Waals surface area (Å²) in [5, 5.41) is 3.02. The van der Waals surface area contributed by atoms with Crippen molar-refractivity contribution in [3.05, 3.63) is 0 Å². The first-order valence-corrected chi connectivity index (χ1v) is 6.25. The van der Waals surface area contributed by atoms with Crippen LogP contribution in [0, 0.1) is 0 Å². The Kier molecular flexibility index (Phi) is 9.24. The van der Waals surface area contributed by atoms with Gasteiger partial charge in [-0.05, 0) is 39.9 Å². The van der Waals surface area contributed by atoms with Crippen molar-refractivity contribution in [3.63, 3.8) is 0 Å². The molecule has 0 radical (unpaired) electrons. The van der Waals surface area contributed by atoms with Crippen molar-refractivity contribution in [2.75, 3.05) is 33.3 Å². The number of esters is 1. The average Bonchev–Trinajstić information content (AvgIpc) is 2.26. The van der Waals surface area contributed by atoms with Gasteiger partial charge in [-0.1, -0.05) is 13.8 Å². The lowest BCUT2D eigenvalue weighted by atomic mass is 10.2. The molecule has 4 heteroatoms. The fourth-order valence-electron chi connectivity index (χ4n) is 1.71. The van der Waals surface area contributed by atoms with Crippen molar-refractivity contribution in [1.29, 1.82) is 0 Å². The Morgan fingerprint density at radius 2 is 1.81 bits per heavy atom. The van der Waals surface area contributed by atoms with Gasteiger partial charge in [-0.3, -0.25) is 4.79 Å². The quantitative estimate of drug-likeness (QED) is 0.606. The summed E-state index contributed by atoms with van der Waals surface area (Å²) < 4.78 is 5.02. The highest BCUT2D eigenvalue weighted by Crippen LogP contribution is 1.99. The van der Waals surface area contributed by atoms with Crippen LogP contribution in [0.25, 0.3) is 0 Å². The summed E-state index contributed by atoms with van der Waals surface area (Å²) in [5.74, 6) is -0.151. The zero-order chi connectivity index (χ0) is 12.4. The molecule has 0 saturated carbocycles. The van der Waals surface area contributed by atoms with Gasteiger partial charge in [-0.25, -0.2) is 0 Å². The molecule has 0 fully saturated rings. The van der Waals surface area contributed by atoms with Gasteiger partial charge in [0, 0.05) is 6.54 Å². The van der Waals surface area contributed by atoms with Crippen molar-refractivity contribution >= 4 is 5.97 Å². The summed E-state index contributed by atoms with van der Waals surface area (Å²) in [6, 6.07) is -0.210. The minimum absolute atomic E-state index is 0.151. The number of hydrogen-bond donors (Lipinski definition) is 1. The SMILES string of the molecule is CCCN(CCC)CC(NC)C(=O)OCC. The van der Waals surface area contributed by atoms with Crippen LogP contribution in [0.15, 0.2) is 0 Å². The van der Waals surface area contributed by atoms with Crippen LogP contribution in [-0.2, 0) is 9.53 Å². The highest BCUT2D eigenvalue weighted by molar-refractivity contribution is 5.76. The smallest absolute Gasteiger partial charge is 0.324 e. The largest absolute Gasteiger partial charge is 0.465 e. The van der Waals surface area contributed by atoms with Crippen molar-refractivity contribution in [2.45, 2.75) is 39.7 Å². The molecule has 0 aliphatic heterocycles. The molecule has 0 aromatic heterocycles. The molecule has 0 aliphatic carbocycles. The maximum absolute atomic E-state index is 11.6. The number of rotatable bonds is 9. The van der Waals surface area contributed by atoms with Gasteiger partial charge in [0.15, 0.2) is 0 Å². The van der Waals surface area contributed by atoms with Crippen LogP contribution in [0.3, 0.4) is 0 Å². The van der Waals surface area contributed by atoms with E-state index in [0.717, 1.165) is 32.5 Å². The predicted octanol–water partition coefficient (Wildman–Crippen LogP) is 1.26. The molecule has 1 atom stereocenters. The number of nitrogens with zero attached hydrogens (tertiary/aromatic N) is 1. The van der Waals surface area contributed by atoms with E-state index < -0.39 is 0 Å². The van der Waals surface area contributed by atoms with Gasteiger partial charge in [-0.15, -0.1) is 0 Å². The third kappa shape index (κ3) is 6.08.